The third-order valence-electron chi connectivity index (χ3n) is 4.08. The summed E-state index contributed by atoms with van der Waals surface area (Å²) in [4.78, 5) is 2.39. The number of nitrogens with one attached hydrogen (secondary N) is 1. The number of hydrogen-bond acceptors (Lipinski definition) is 3. The Morgan fingerprint density at radius 2 is 1.95 bits per heavy atom. The molecule has 3 nitrogen and oxygen atoms in total. The van der Waals surface area contributed by atoms with E-state index in [4.69, 9.17) is 4.74 Å². The predicted octanol–water partition coefficient (Wildman–Crippen LogP) is 3.54. The molecule has 0 amide bonds. The zero-order chi connectivity index (χ0) is 15.9. The van der Waals surface area contributed by atoms with Gasteiger partial charge in [-0.15, -0.1) is 0 Å². The van der Waals surface area contributed by atoms with Gasteiger partial charge in [-0.1, -0.05) is 45.9 Å². The summed E-state index contributed by atoms with van der Waals surface area (Å²) in [6, 6.07) is 8.80. The van der Waals surface area contributed by atoms with Crippen LogP contribution in [-0.4, -0.2) is 38.2 Å². The van der Waals surface area contributed by atoms with Crippen LogP contribution in [0.25, 0.3) is 0 Å². The van der Waals surface area contributed by atoms with E-state index in [1.54, 1.807) is 7.11 Å². The Bertz CT molecular complexity index is 419. The maximum Gasteiger partial charge on any atom is 0.123 e. The first-order chi connectivity index (χ1) is 9.90. The summed E-state index contributed by atoms with van der Waals surface area (Å²) in [5.74, 6) is 0.975. The van der Waals surface area contributed by atoms with Crippen molar-refractivity contribution < 1.29 is 4.74 Å². The molecule has 0 heterocycles. The zero-order valence-corrected chi connectivity index (χ0v) is 14.6. The molecule has 1 unspecified atom stereocenters. The second-order valence-electron chi connectivity index (χ2n) is 6.68. The zero-order valence-electron chi connectivity index (χ0n) is 14.6. The van der Waals surface area contributed by atoms with E-state index in [0.29, 0.717) is 11.5 Å². The Kier molecular flexibility index (Phi) is 7.20. The molecule has 0 saturated heterocycles. The lowest BCUT2D eigenvalue weighted by Gasteiger charge is -2.34. The molecule has 0 spiro atoms. The van der Waals surface area contributed by atoms with E-state index in [0.717, 1.165) is 25.4 Å². The molecule has 0 aliphatic heterocycles. The summed E-state index contributed by atoms with van der Waals surface area (Å²) >= 11 is 0. The molecule has 120 valence electrons. The van der Waals surface area contributed by atoms with Gasteiger partial charge >= 0.3 is 0 Å². The Hall–Kier alpha value is -1.06. The Labute approximate surface area is 130 Å². The fourth-order valence-corrected chi connectivity index (χ4v) is 2.58. The molecule has 0 aliphatic rings. The average molecular weight is 292 g/mol. The number of methoxy groups -OCH3 is 1. The van der Waals surface area contributed by atoms with Crippen molar-refractivity contribution in [2.45, 2.75) is 46.7 Å². The lowest BCUT2D eigenvalue weighted by Crippen LogP contribution is -2.42. The highest BCUT2D eigenvalue weighted by molar-refractivity contribution is 5.33. The van der Waals surface area contributed by atoms with Crippen molar-refractivity contribution >= 4 is 0 Å². The summed E-state index contributed by atoms with van der Waals surface area (Å²) in [6.07, 6.45) is 1.17. The van der Waals surface area contributed by atoms with Crippen LogP contribution >= 0.6 is 0 Å². The van der Waals surface area contributed by atoms with Crippen molar-refractivity contribution in [3.8, 4) is 5.75 Å². The van der Waals surface area contributed by atoms with E-state index >= 15 is 0 Å². The van der Waals surface area contributed by atoms with Crippen LogP contribution in [-0.2, 0) is 6.54 Å². The van der Waals surface area contributed by atoms with Crippen LogP contribution in [0.15, 0.2) is 24.3 Å². The smallest absolute Gasteiger partial charge is 0.123 e. The van der Waals surface area contributed by atoms with Crippen LogP contribution in [0.5, 0.6) is 5.75 Å². The molecule has 0 fully saturated rings. The van der Waals surface area contributed by atoms with Gasteiger partial charge in [-0.25, -0.2) is 0 Å². The molecule has 21 heavy (non-hydrogen) atoms. The number of ether oxygens (including phenoxy) is 1. The van der Waals surface area contributed by atoms with Gasteiger partial charge < -0.3 is 15.0 Å². The lowest BCUT2D eigenvalue weighted by atomic mass is 9.86. The summed E-state index contributed by atoms with van der Waals surface area (Å²) in [7, 11) is 3.93. The Balaban J connectivity index is 2.63. The molecule has 1 rings (SSSR count). The first-order valence-electron chi connectivity index (χ1n) is 7.94. The molecule has 0 bridgehead atoms. The normalized spacial score (nSPS) is 14.5. The van der Waals surface area contributed by atoms with Crippen LogP contribution < -0.4 is 10.1 Å². The summed E-state index contributed by atoms with van der Waals surface area (Å²) in [6.45, 7) is 12.1. The van der Waals surface area contributed by atoms with Crippen molar-refractivity contribution in [2.75, 3.05) is 27.2 Å². The molecule has 3 heteroatoms. The second-order valence-corrected chi connectivity index (χ2v) is 6.68. The van der Waals surface area contributed by atoms with Gasteiger partial charge in [0.25, 0.3) is 0 Å². The molecule has 1 N–H and O–H groups in total. The molecule has 1 atom stereocenters. The van der Waals surface area contributed by atoms with E-state index in [1.165, 1.54) is 12.0 Å². The number of para-hydroxylation sites is 1. The van der Waals surface area contributed by atoms with Crippen LogP contribution in [0, 0.1) is 5.41 Å². The Morgan fingerprint density at radius 1 is 1.29 bits per heavy atom. The number of benzene rings is 1. The van der Waals surface area contributed by atoms with Crippen LogP contribution in [0.3, 0.4) is 0 Å². The van der Waals surface area contributed by atoms with Gasteiger partial charge in [0.2, 0.25) is 0 Å². The van der Waals surface area contributed by atoms with Gasteiger partial charge in [0.05, 0.1) is 7.11 Å². The largest absolute Gasteiger partial charge is 0.496 e. The molecule has 0 aromatic heterocycles. The van der Waals surface area contributed by atoms with E-state index in [2.05, 4.69) is 57.1 Å². The van der Waals surface area contributed by atoms with E-state index in [-0.39, 0.29) is 0 Å². The topological polar surface area (TPSA) is 24.5 Å². The fraction of sp³-hybridized carbons (Fsp3) is 0.667. The first-order valence-corrected chi connectivity index (χ1v) is 7.94. The van der Waals surface area contributed by atoms with Gasteiger partial charge in [0.15, 0.2) is 0 Å². The van der Waals surface area contributed by atoms with Crippen molar-refractivity contribution in [3.63, 3.8) is 0 Å². The van der Waals surface area contributed by atoms with Crippen molar-refractivity contribution in [3.05, 3.63) is 29.8 Å². The number of rotatable bonds is 9. The van der Waals surface area contributed by atoms with E-state index < -0.39 is 0 Å². The van der Waals surface area contributed by atoms with Gasteiger partial charge in [0, 0.05) is 31.2 Å². The SMILES string of the molecule is CCC(C)(CNC(C)C)CN(C)Cc1ccccc1OC. The molecule has 1 aromatic carbocycles. The van der Waals surface area contributed by atoms with Crippen molar-refractivity contribution in [2.24, 2.45) is 5.41 Å². The molecule has 0 saturated carbocycles. The van der Waals surface area contributed by atoms with Crippen LogP contribution in [0.1, 0.15) is 39.7 Å². The molecule has 0 radical (unpaired) electrons. The quantitative estimate of drug-likeness (QED) is 0.753. The summed E-state index contributed by atoms with van der Waals surface area (Å²) in [5.41, 5.74) is 1.54. The van der Waals surface area contributed by atoms with Gasteiger partial charge in [-0.05, 0) is 24.9 Å². The van der Waals surface area contributed by atoms with Crippen molar-refractivity contribution in [1.82, 2.24) is 10.2 Å². The first kappa shape index (κ1) is 18.0. The third-order valence-corrected chi connectivity index (χ3v) is 4.08. The molecule has 1 aromatic rings. The maximum absolute atomic E-state index is 5.44. The standard InChI is InChI=1S/C18H32N2O/c1-7-18(4,13-19-15(2)3)14-20(5)12-16-10-8-9-11-17(16)21-6/h8-11,15,19H,7,12-14H2,1-6H3. The minimum atomic E-state index is 0.293. The summed E-state index contributed by atoms with van der Waals surface area (Å²) < 4.78 is 5.44. The van der Waals surface area contributed by atoms with Gasteiger partial charge in [-0.2, -0.15) is 0 Å². The molecule has 0 aliphatic carbocycles. The predicted molar refractivity (Wildman–Crippen MR) is 90.9 cm³/mol. The van der Waals surface area contributed by atoms with E-state index in [1.807, 2.05) is 12.1 Å². The lowest BCUT2D eigenvalue weighted by molar-refractivity contribution is 0.171. The number of hydrogen-bond donors (Lipinski definition) is 1. The monoisotopic (exact) mass is 292 g/mol. The number of nitrogens with zero attached hydrogens (tertiary/aromatic N) is 1. The minimum absolute atomic E-state index is 0.293. The third kappa shape index (κ3) is 6.06. The highest BCUT2D eigenvalue weighted by Crippen LogP contribution is 2.24. The summed E-state index contributed by atoms with van der Waals surface area (Å²) in [5, 5.41) is 3.58. The molecular weight excluding hydrogens is 260 g/mol. The van der Waals surface area contributed by atoms with Crippen LogP contribution in [0.2, 0.25) is 0 Å². The Morgan fingerprint density at radius 3 is 2.52 bits per heavy atom. The molecular formula is C18H32N2O. The highest BCUT2D eigenvalue weighted by atomic mass is 16.5. The highest BCUT2D eigenvalue weighted by Gasteiger charge is 2.24. The fourth-order valence-electron chi connectivity index (χ4n) is 2.58. The average Bonchev–Trinajstić information content (AvgIpc) is 2.45. The van der Waals surface area contributed by atoms with E-state index in [9.17, 15) is 0 Å². The maximum atomic E-state index is 5.44. The van der Waals surface area contributed by atoms with Gasteiger partial charge in [-0.3, -0.25) is 0 Å². The minimum Gasteiger partial charge on any atom is -0.496 e. The van der Waals surface area contributed by atoms with Gasteiger partial charge in [0.1, 0.15) is 5.75 Å². The second kappa shape index (κ2) is 8.40. The van der Waals surface area contributed by atoms with Crippen molar-refractivity contribution in [1.29, 1.82) is 0 Å². The van der Waals surface area contributed by atoms with Crippen LogP contribution in [0.4, 0.5) is 0 Å².